The zero-order valence-corrected chi connectivity index (χ0v) is 13.3. The molecule has 7 heteroatoms. The maximum Gasteiger partial charge on any atom is 0.267 e. The molecule has 0 aromatic heterocycles. The Bertz CT molecular complexity index is 812. The van der Waals surface area contributed by atoms with Crippen molar-refractivity contribution in [2.24, 2.45) is 0 Å². The van der Waals surface area contributed by atoms with Gasteiger partial charge in [-0.15, -0.1) is 0 Å². The Morgan fingerprint density at radius 1 is 1.17 bits per heavy atom. The Kier molecular flexibility index (Phi) is 5.47. The summed E-state index contributed by atoms with van der Waals surface area (Å²) >= 11 is 11.9. The van der Waals surface area contributed by atoms with Gasteiger partial charge in [-0.05, 0) is 30.3 Å². The van der Waals surface area contributed by atoms with Crippen LogP contribution >= 0.6 is 23.2 Å². The topological polar surface area (TPSA) is 90.9 Å². The van der Waals surface area contributed by atoms with E-state index >= 15 is 0 Å². The lowest BCUT2D eigenvalue weighted by atomic mass is 10.2. The number of carbonyl (C=O) groups excluding carboxylic acids is 1. The molecule has 0 fully saturated rings. The van der Waals surface area contributed by atoms with Crippen LogP contribution in [0.15, 0.2) is 54.2 Å². The van der Waals surface area contributed by atoms with E-state index in [1.165, 1.54) is 6.20 Å². The lowest BCUT2D eigenvalue weighted by molar-refractivity contribution is -0.112. The molecule has 1 amide bonds. The Hall–Kier alpha value is -2.68. The lowest BCUT2D eigenvalue weighted by Crippen LogP contribution is -2.14. The number of halogens is 2. The molecule has 2 aromatic rings. The number of nitrogens with two attached hydrogens (primary N) is 1. The SMILES string of the molecule is N#C/C(=C/Nc1ccc(N)c(Cl)c1)C(=O)Nc1ccccc1Cl. The predicted octanol–water partition coefficient (Wildman–Crippen LogP) is 4.03. The van der Waals surface area contributed by atoms with Crippen LogP contribution in [0.3, 0.4) is 0 Å². The molecule has 5 nitrogen and oxygen atoms in total. The summed E-state index contributed by atoms with van der Waals surface area (Å²) in [6.07, 6.45) is 1.29. The summed E-state index contributed by atoms with van der Waals surface area (Å²) in [6, 6.07) is 13.5. The Balaban J connectivity index is 2.12. The summed E-state index contributed by atoms with van der Waals surface area (Å²) < 4.78 is 0. The monoisotopic (exact) mass is 346 g/mol. The van der Waals surface area contributed by atoms with Crippen molar-refractivity contribution in [3.63, 3.8) is 0 Å². The number of nitriles is 1. The molecule has 4 N–H and O–H groups in total. The molecule has 0 spiro atoms. The number of nitrogen functional groups attached to an aromatic ring is 1. The van der Waals surface area contributed by atoms with E-state index in [1.54, 1.807) is 42.5 Å². The van der Waals surface area contributed by atoms with Gasteiger partial charge in [-0.1, -0.05) is 35.3 Å². The quantitative estimate of drug-likeness (QED) is 0.442. The summed E-state index contributed by atoms with van der Waals surface area (Å²) in [4.78, 5) is 12.1. The number of anilines is 3. The van der Waals surface area contributed by atoms with E-state index in [1.807, 2.05) is 6.07 Å². The molecule has 0 aliphatic rings. The highest BCUT2D eigenvalue weighted by Crippen LogP contribution is 2.23. The number of amides is 1. The smallest absolute Gasteiger partial charge is 0.267 e. The predicted molar refractivity (Wildman–Crippen MR) is 93.3 cm³/mol. The van der Waals surface area contributed by atoms with Crippen molar-refractivity contribution in [1.82, 2.24) is 0 Å². The van der Waals surface area contributed by atoms with Gasteiger partial charge in [-0.25, -0.2) is 0 Å². The average Bonchev–Trinajstić information content (AvgIpc) is 2.53. The first-order chi connectivity index (χ1) is 11.0. The third-order valence-corrected chi connectivity index (χ3v) is 3.53. The van der Waals surface area contributed by atoms with Gasteiger partial charge in [-0.3, -0.25) is 4.79 Å². The van der Waals surface area contributed by atoms with E-state index in [0.717, 1.165) is 0 Å². The van der Waals surface area contributed by atoms with Gasteiger partial charge in [0.1, 0.15) is 11.6 Å². The van der Waals surface area contributed by atoms with Crippen LogP contribution in [0.5, 0.6) is 0 Å². The van der Waals surface area contributed by atoms with Crippen molar-refractivity contribution < 1.29 is 4.79 Å². The van der Waals surface area contributed by atoms with E-state index in [9.17, 15) is 4.79 Å². The minimum absolute atomic E-state index is 0.113. The number of nitrogens with one attached hydrogen (secondary N) is 2. The number of benzene rings is 2. The summed E-state index contributed by atoms with van der Waals surface area (Å²) in [5, 5.41) is 15.3. The maximum absolute atomic E-state index is 12.1. The minimum Gasteiger partial charge on any atom is -0.398 e. The van der Waals surface area contributed by atoms with Crippen LogP contribution in [0.25, 0.3) is 0 Å². The third kappa shape index (κ3) is 4.39. The second-order valence-corrected chi connectivity index (χ2v) is 5.30. The Morgan fingerprint density at radius 2 is 1.91 bits per heavy atom. The number of hydrogen-bond acceptors (Lipinski definition) is 4. The van der Waals surface area contributed by atoms with E-state index in [4.69, 9.17) is 34.2 Å². The van der Waals surface area contributed by atoms with E-state index in [0.29, 0.717) is 27.1 Å². The number of rotatable bonds is 4. The second-order valence-electron chi connectivity index (χ2n) is 4.48. The van der Waals surface area contributed by atoms with Gasteiger partial charge < -0.3 is 16.4 Å². The first-order valence-corrected chi connectivity index (χ1v) is 7.24. The van der Waals surface area contributed by atoms with Crippen LogP contribution in [0.4, 0.5) is 17.1 Å². The van der Waals surface area contributed by atoms with Crippen molar-refractivity contribution >= 4 is 46.2 Å². The molecule has 23 heavy (non-hydrogen) atoms. The van der Waals surface area contributed by atoms with Gasteiger partial charge in [0.2, 0.25) is 0 Å². The van der Waals surface area contributed by atoms with Crippen LogP contribution in [0, 0.1) is 11.3 Å². The van der Waals surface area contributed by atoms with E-state index in [-0.39, 0.29) is 5.57 Å². The van der Waals surface area contributed by atoms with Gasteiger partial charge >= 0.3 is 0 Å². The Morgan fingerprint density at radius 3 is 2.57 bits per heavy atom. The molecule has 0 aliphatic carbocycles. The average molecular weight is 347 g/mol. The molecule has 0 aliphatic heterocycles. The van der Waals surface area contributed by atoms with Crippen LogP contribution in [0.1, 0.15) is 0 Å². The van der Waals surface area contributed by atoms with Crippen LogP contribution < -0.4 is 16.4 Å². The summed E-state index contributed by atoms with van der Waals surface area (Å²) in [7, 11) is 0. The molecular formula is C16H12Cl2N4O. The van der Waals surface area contributed by atoms with Crippen LogP contribution in [0.2, 0.25) is 10.0 Å². The molecule has 2 aromatic carbocycles. The largest absolute Gasteiger partial charge is 0.398 e. The highest BCUT2D eigenvalue weighted by Gasteiger charge is 2.11. The Labute approximate surface area is 143 Å². The molecule has 2 rings (SSSR count). The molecule has 0 saturated heterocycles. The summed E-state index contributed by atoms with van der Waals surface area (Å²) in [6.45, 7) is 0. The normalized spacial score (nSPS) is 10.7. The molecule has 116 valence electrons. The molecule has 0 heterocycles. The van der Waals surface area contributed by atoms with Crippen molar-refractivity contribution in [3.05, 3.63) is 64.3 Å². The van der Waals surface area contributed by atoms with Gasteiger partial charge in [0.05, 0.1) is 21.4 Å². The third-order valence-electron chi connectivity index (χ3n) is 2.87. The zero-order chi connectivity index (χ0) is 16.8. The zero-order valence-electron chi connectivity index (χ0n) is 11.8. The van der Waals surface area contributed by atoms with Crippen molar-refractivity contribution in [2.75, 3.05) is 16.4 Å². The highest BCUT2D eigenvalue weighted by atomic mass is 35.5. The van der Waals surface area contributed by atoms with Gasteiger partial charge in [0.15, 0.2) is 0 Å². The fourth-order valence-corrected chi connectivity index (χ4v) is 2.04. The number of carbonyl (C=O) groups is 1. The van der Waals surface area contributed by atoms with Crippen molar-refractivity contribution in [2.45, 2.75) is 0 Å². The van der Waals surface area contributed by atoms with Crippen LogP contribution in [-0.2, 0) is 4.79 Å². The highest BCUT2D eigenvalue weighted by molar-refractivity contribution is 6.34. The fourth-order valence-electron chi connectivity index (χ4n) is 1.67. The number of hydrogen-bond donors (Lipinski definition) is 3. The van der Waals surface area contributed by atoms with Crippen LogP contribution in [-0.4, -0.2) is 5.91 Å². The number of para-hydroxylation sites is 1. The molecule has 0 atom stereocenters. The van der Waals surface area contributed by atoms with Gasteiger partial charge in [0.25, 0.3) is 5.91 Å². The molecular weight excluding hydrogens is 335 g/mol. The van der Waals surface area contributed by atoms with Crippen molar-refractivity contribution in [3.8, 4) is 6.07 Å². The number of nitrogens with zero attached hydrogens (tertiary/aromatic N) is 1. The molecule has 0 radical (unpaired) electrons. The van der Waals surface area contributed by atoms with E-state index in [2.05, 4.69) is 10.6 Å². The molecule has 0 saturated carbocycles. The van der Waals surface area contributed by atoms with E-state index < -0.39 is 5.91 Å². The fraction of sp³-hybridized carbons (Fsp3) is 0. The first-order valence-electron chi connectivity index (χ1n) is 6.49. The lowest BCUT2D eigenvalue weighted by Gasteiger charge is -2.07. The van der Waals surface area contributed by atoms with Gasteiger partial charge in [0, 0.05) is 11.9 Å². The molecule has 0 unspecified atom stereocenters. The minimum atomic E-state index is -0.574. The maximum atomic E-state index is 12.1. The summed E-state index contributed by atoms with van der Waals surface area (Å²) in [5.74, 6) is -0.574. The standard InChI is InChI=1S/C16H12Cl2N4O/c17-12-3-1-2-4-15(12)22-16(23)10(8-19)9-21-11-5-6-14(20)13(18)7-11/h1-7,9,21H,20H2,(H,22,23)/b10-9-. The van der Waals surface area contributed by atoms with Crippen molar-refractivity contribution in [1.29, 1.82) is 5.26 Å². The molecule has 0 bridgehead atoms. The summed E-state index contributed by atoms with van der Waals surface area (Å²) in [5.41, 5.74) is 6.97. The van der Waals surface area contributed by atoms with Gasteiger partial charge in [-0.2, -0.15) is 5.26 Å². The first kappa shape index (κ1) is 16.7. The second kappa shape index (κ2) is 7.54.